The molecule has 1 aliphatic rings. The fourth-order valence-electron chi connectivity index (χ4n) is 3.26. The Morgan fingerprint density at radius 3 is 2.56 bits per heavy atom. The Morgan fingerprint density at radius 1 is 1.12 bits per heavy atom. The van der Waals surface area contributed by atoms with Crippen LogP contribution in [-0.4, -0.2) is 28.4 Å². The van der Waals surface area contributed by atoms with E-state index in [0.29, 0.717) is 25.1 Å². The molecule has 0 bridgehead atoms. The summed E-state index contributed by atoms with van der Waals surface area (Å²) in [5, 5.41) is 9.15. The van der Waals surface area contributed by atoms with Gasteiger partial charge in [0.25, 0.3) is 0 Å². The Hall–Kier alpha value is -2.69. The summed E-state index contributed by atoms with van der Waals surface area (Å²) in [5.41, 5.74) is 1.91. The number of carboxylic acids is 1. The highest BCUT2D eigenvalue weighted by molar-refractivity contribution is 5.89. The third-order valence-corrected chi connectivity index (χ3v) is 4.83. The molecule has 1 amide bonds. The minimum atomic E-state index is -0.980. The molecule has 1 N–H and O–H groups in total. The van der Waals surface area contributed by atoms with Crippen molar-refractivity contribution in [3.63, 3.8) is 0 Å². The Morgan fingerprint density at radius 2 is 1.88 bits per heavy atom. The number of fused-ring (bicyclic) bond motifs is 1. The first-order valence-electron chi connectivity index (χ1n) is 8.19. The molecule has 1 aliphatic heterocycles. The third kappa shape index (κ3) is 3.27. The number of benzene rings is 2. The molecular formula is C20H20FNO3. The fraction of sp³-hybridized carbons (Fsp3) is 0.300. The van der Waals surface area contributed by atoms with Crippen LogP contribution in [0.4, 0.5) is 4.39 Å². The summed E-state index contributed by atoms with van der Waals surface area (Å²) >= 11 is 0. The predicted octanol–water partition coefficient (Wildman–Crippen LogP) is 3.39. The van der Waals surface area contributed by atoms with Gasteiger partial charge in [-0.15, -0.1) is 0 Å². The number of halogens is 1. The van der Waals surface area contributed by atoms with E-state index in [9.17, 15) is 14.0 Å². The van der Waals surface area contributed by atoms with Crippen molar-refractivity contribution in [3.8, 4) is 0 Å². The molecule has 3 rings (SSSR count). The van der Waals surface area contributed by atoms with Gasteiger partial charge in [0.2, 0.25) is 5.91 Å². The van der Waals surface area contributed by atoms with E-state index in [1.807, 2.05) is 6.07 Å². The summed E-state index contributed by atoms with van der Waals surface area (Å²) in [5.74, 6) is -1.44. The Bertz CT molecular complexity index is 845. The average Bonchev–Trinajstić information content (AvgIpc) is 2.60. The molecule has 2 aromatic carbocycles. The van der Waals surface area contributed by atoms with Crippen molar-refractivity contribution in [2.75, 3.05) is 6.54 Å². The van der Waals surface area contributed by atoms with Crippen molar-refractivity contribution in [1.82, 2.24) is 4.90 Å². The van der Waals surface area contributed by atoms with Gasteiger partial charge in [0.1, 0.15) is 5.82 Å². The van der Waals surface area contributed by atoms with Crippen molar-refractivity contribution in [1.29, 1.82) is 0 Å². The minimum Gasteiger partial charge on any atom is -0.478 e. The normalized spacial score (nSPS) is 14.1. The summed E-state index contributed by atoms with van der Waals surface area (Å²) < 4.78 is 13.5. The summed E-state index contributed by atoms with van der Waals surface area (Å²) in [7, 11) is 0. The van der Waals surface area contributed by atoms with E-state index in [2.05, 4.69) is 0 Å². The van der Waals surface area contributed by atoms with Crippen LogP contribution in [0.15, 0.2) is 42.5 Å². The van der Waals surface area contributed by atoms with Gasteiger partial charge in [-0.2, -0.15) is 0 Å². The monoisotopic (exact) mass is 341 g/mol. The molecule has 0 saturated carbocycles. The maximum absolute atomic E-state index is 13.5. The number of rotatable bonds is 3. The number of carbonyl (C=O) groups is 2. The zero-order valence-corrected chi connectivity index (χ0v) is 14.3. The molecule has 1 heterocycles. The van der Waals surface area contributed by atoms with Crippen LogP contribution in [0.5, 0.6) is 0 Å². The van der Waals surface area contributed by atoms with Crippen molar-refractivity contribution < 1.29 is 19.1 Å². The molecular weight excluding hydrogens is 321 g/mol. The quantitative estimate of drug-likeness (QED) is 0.931. The molecule has 2 aromatic rings. The van der Waals surface area contributed by atoms with Crippen LogP contribution in [0, 0.1) is 5.82 Å². The minimum absolute atomic E-state index is 0.0931. The number of aromatic carboxylic acids is 1. The lowest BCUT2D eigenvalue weighted by Crippen LogP contribution is -2.45. The van der Waals surface area contributed by atoms with Gasteiger partial charge >= 0.3 is 5.97 Å². The summed E-state index contributed by atoms with van der Waals surface area (Å²) in [4.78, 5) is 25.9. The molecule has 0 aromatic heterocycles. The largest absolute Gasteiger partial charge is 0.478 e. The van der Waals surface area contributed by atoms with E-state index in [1.54, 1.807) is 43.0 Å². The highest BCUT2D eigenvalue weighted by atomic mass is 19.1. The predicted molar refractivity (Wildman–Crippen MR) is 91.9 cm³/mol. The van der Waals surface area contributed by atoms with Crippen LogP contribution in [0.25, 0.3) is 0 Å². The van der Waals surface area contributed by atoms with Crippen LogP contribution >= 0.6 is 0 Å². The first-order chi connectivity index (χ1) is 11.8. The van der Waals surface area contributed by atoms with Gasteiger partial charge in [0.05, 0.1) is 11.0 Å². The molecule has 0 spiro atoms. The molecule has 25 heavy (non-hydrogen) atoms. The molecule has 4 nitrogen and oxygen atoms in total. The highest BCUT2D eigenvalue weighted by Gasteiger charge is 2.35. The van der Waals surface area contributed by atoms with Gasteiger partial charge in [0, 0.05) is 13.1 Å². The number of carbonyl (C=O) groups excluding carboxylic acids is 1. The van der Waals surface area contributed by atoms with E-state index < -0.39 is 11.4 Å². The summed E-state index contributed by atoms with van der Waals surface area (Å²) in [6, 6.07) is 11.1. The third-order valence-electron chi connectivity index (χ3n) is 4.83. The van der Waals surface area contributed by atoms with E-state index in [-0.39, 0.29) is 17.3 Å². The van der Waals surface area contributed by atoms with Crippen LogP contribution in [0.2, 0.25) is 0 Å². The van der Waals surface area contributed by atoms with E-state index in [1.165, 1.54) is 12.1 Å². The maximum Gasteiger partial charge on any atom is 0.335 e. The smallest absolute Gasteiger partial charge is 0.335 e. The van der Waals surface area contributed by atoms with Gasteiger partial charge in [-0.1, -0.05) is 18.2 Å². The molecule has 0 aliphatic carbocycles. The number of amides is 1. The molecule has 5 heteroatoms. The van der Waals surface area contributed by atoms with E-state index >= 15 is 0 Å². The Labute approximate surface area is 145 Å². The molecule has 0 unspecified atom stereocenters. The van der Waals surface area contributed by atoms with Crippen molar-refractivity contribution in [3.05, 3.63) is 70.5 Å². The average molecular weight is 341 g/mol. The first-order valence-corrected chi connectivity index (χ1v) is 8.19. The molecule has 0 fully saturated rings. The second-order valence-corrected chi connectivity index (χ2v) is 6.90. The topological polar surface area (TPSA) is 57.6 Å². The van der Waals surface area contributed by atoms with Gasteiger partial charge in [-0.25, -0.2) is 9.18 Å². The lowest BCUT2D eigenvalue weighted by molar-refractivity contribution is -0.137. The van der Waals surface area contributed by atoms with Crippen molar-refractivity contribution in [2.45, 2.75) is 32.2 Å². The van der Waals surface area contributed by atoms with Gasteiger partial charge in [-0.3, -0.25) is 4.79 Å². The Balaban J connectivity index is 1.86. The van der Waals surface area contributed by atoms with Crippen molar-refractivity contribution in [2.24, 2.45) is 0 Å². The molecule has 0 saturated heterocycles. The first kappa shape index (κ1) is 17.1. The van der Waals surface area contributed by atoms with Gasteiger partial charge in [-0.05, 0) is 61.2 Å². The molecule has 130 valence electrons. The number of carboxylic acid groups (broad SMARTS) is 1. The van der Waals surface area contributed by atoms with Gasteiger partial charge in [0.15, 0.2) is 0 Å². The van der Waals surface area contributed by atoms with Gasteiger partial charge < -0.3 is 10.0 Å². The lowest BCUT2D eigenvalue weighted by atomic mass is 9.82. The van der Waals surface area contributed by atoms with Crippen LogP contribution in [0.3, 0.4) is 0 Å². The van der Waals surface area contributed by atoms with E-state index in [0.717, 1.165) is 11.1 Å². The maximum atomic E-state index is 13.5. The van der Waals surface area contributed by atoms with Crippen molar-refractivity contribution >= 4 is 11.9 Å². The second-order valence-electron chi connectivity index (χ2n) is 6.90. The zero-order chi connectivity index (χ0) is 18.2. The van der Waals surface area contributed by atoms with E-state index in [4.69, 9.17) is 5.11 Å². The lowest BCUT2D eigenvalue weighted by Gasteiger charge is -2.35. The SMILES string of the molecule is CC(C)(C(=O)N1CCc2ccc(C(=O)O)cc2C1)c1cccc(F)c1. The summed E-state index contributed by atoms with van der Waals surface area (Å²) in [6.07, 6.45) is 0.681. The zero-order valence-electron chi connectivity index (χ0n) is 14.3. The van der Waals surface area contributed by atoms with Crippen LogP contribution in [-0.2, 0) is 23.2 Å². The highest BCUT2D eigenvalue weighted by Crippen LogP contribution is 2.29. The number of nitrogens with zero attached hydrogens (tertiary/aromatic N) is 1. The number of hydrogen-bond donors (Lipinski definition) is 1. The Kier molecular flexibility index (Phi) is 4.33. The van der Waals surface area contributed by atoms with Crippen LogP contribution < -0.4 is 0 Å². The second kappa shape index (κ2) is 6.31. The molecule has 0 atom stereocenters. The molecule has 0 radical (unpaired) electrons. The summed E-state index contributed by atoms with van der Waals surface area (Å²) in [6.45, 7) is 4.51. The fourth-order valence-corrected chi connectivity index (χ4v) is 3.26. The number of hydrogen-bond acceptors (Lipinski definition) is 2. The standard InChI is InChI=1S/C20H20FNO3/c1-20(2,16-4-3-5-17(21)11-16)19(25)22-9-8-13-6-7-14(18(23)24)10-15(13)12-22/h3-7,10-11H,8-9,12H2,1-2H3,(H,23,24). The van der Waals surface area contributed by atoms with Crippen LogP contribution in [0.1, 0.15) is 40.9 Å².